The first kappa shape index (κ1) is 15.3. The Labute approximate surface area is 127 Å². The summed E-state index contributed by atoms with van der Waals surface area (Å²) >= 11 is 4.19. The number of hydrogen-bond donors (Lipinski definition) is 2. The fourth-order valence-electron chi connectivity index (χ4n) is 2.13. The number of thiol groups is 1. The van der Waals surface area contributed by atoms with E-state index in [1.165, 1.54) is 6.20 Å². The molecule has 0 radical (unpaired) electrons. The molecule has 0 aliphatic heterocycles. The average molecular weight is 301 g/mol. The van der Waals surface area contributed by atoms with E-state index in [1.54, 1.807) is 25.1 Å². The molecule has 0 spiro atoms. The van der Waals surface area contributed by atoms with Gasteiger partial charge in [0.25, 0.3) is 0 Å². The van der Waals surface area contributed by atoms with Crippen LogP contribution in [0.2, 0.25) is 0 Å². The number of rotatable bonds is 5. The van der Waals surface area contributed by atoms with Gasteiger partial charge >= 0.3 is 5.97 Å². The molecule has 0 aliphatic carbocycles. The van der Waals surface area contributed by atoms with Crippen LogP contribution in [0.5, 0.6) is 0 Å². The number of fused-ring (bicyclic) bond motifs is 1. The first-order valence-corrected chi connectivity index (χ1v) is 6.90. The minimum Gasteiger partial charge on any atom is -0.480 e. The van der Waals surface area contributed by atoms with Gasteiger partial charge in [0.1, 0.15) is 0 Å². The average Bonchev–Trinajstić information content (AvgIpc) is 2.51. The number of pyridine rings is 1. The molecule has 4 nitrogen and oxygen atoms in total. The molecule has 0 aliphatic rings. The Kier molecular flexibility index (Phi) is 4.14. The lowest BCUT2D eigenvalue weighted by Gasteiger charge is -2.23. The highest BCUT2D eigenvalue weighted by Gasteiger charge is 2.47. The number of ketones is 1. The van der Waals surface area contributed by atoms with Gasteiger partial charge in [0.2, 0.25) is 4.75 Å². The number of nitrogens with zero attached hydrogens (tertiary/aromatic N) is 1. The first-order chi connectivity index (χ1) is 9.92. The zero-order chi connectivity index (χ0) is 15.6. The zero-order valence-electron chi connectivity index (χ0n) is 11.5. The number of benzene rings is 1. The minimum atomic E-state index is -2.03. The van der Waals surface area contributed by atoms with Crippen molar-refractivity contribution >= 4 is 35.2 Å². The minimum absolute atomic E-state index is 0.121. The van der Waals surface area contributed by atoms with Crippen molar-refractivity contribution in [3.63, 3.8) is 0 Å². The number of carboxylic acids is 1. The highest BCUT2D eigenvalue weighted by molar-refractivity contribution is 7.83. The molecule has 5 heteroatoms. The van der Waals surface area contributed by atoms with Crippen LogP contribution in [-0.4, -0.2) is 21.8 Å². The number of hydrogen-bond acceptors (Lipinski definition) is 4. The van der Waals surface area contributed by atoms with Gasteiger partial charge in [-0.25, -0.2) is 4.79 Å². The summed E-state index contributed by atoms with van der Waals surface area (Å²) in [5.41, 5.74) is 0.332. The number of carboxylic acid groups (broad SMARTS) is 1. The fourth-order valence-corrected chi connectivity index (χ4v) is 2.47. The maximum Gasteiger partial charge on any atom is 0.333 e. The molecule has 0 amide bonds. The van der Waals surface area contributed by atoms with Gasteiger partial charge in [-0.05, 0) is 23.4 Å². The molecule has 1 N–H and O–H groups in total. The quantitative estimate of drug-likeness (QED) is 0.506. The number of carbonyl (C=O) groups is 2. The number of Topliss-reactive ketones (excluding diaryl/α,β-unsaturated/α-hetero) is 1. The van der Waals surface area contributed by atoms with Gasteiger partial charge < -0.3 is 5.11 Å². The highest BCUT2D eigenvalue weighted by atomic mass is 32.1. The van der Waals surface area contributed by atoms with E-state index in [4.69, 9.17) is 0 Å². The molecule has 21 heavy (non-hydrogen) atoms. The van der Waals surface area contributed by atoms with E-state index in [2.05, 4.69) is 24.2 Å². The number of aliphatic carboxylic acids is 1. The second-order valence-corrected chi connectivity index (χ2v) is 5.35. The van der Waals surface area contributed by atoms with Crippen LogP contribution in [0.15, 0.2) is 48.7 Å². The third-order valence-corrected chi connectivity index (χ3v) is 4.01. The summed E-state index contributed by atoms with van der Waals surface area (Å²) in [6, 6.07) is 8.92. The zero-order valence-corrected chi connectivity index (χ0v) is 12.4. The molecule has 1 aromatic heterocycles. The molecule has 108 valence electrons. The molecule has 2 rings (SSSR count). The Balaban J connectivity index is 2.75. The van der Waals surface area contributed by atoms with Gasteiger partial charge in [0.15, 0.2) is 5.78 Å². The van der Waals surface area contributed by atoms with Crippen LogP contribution in [0.4, 0.5) is 0 Å². The molecule has 1 aromatic carbocycles. The van der Waals surface area contributed by atoms with E-state index in [1.807, 2.05) is 12.1 Å². The van der Waals surface area contributed by atoms with Gasteiger partial charge in [-0.15, -0.1) is 12.6 Å². The van der Waals surface area contributed by atoms with E-state index in [-0.39, 0.29) is 11.3 Å². The predicted molar refractivity (Wildman–Crippen MR) is 84.5 cm³/mol. The lowest BCUT2D eigenvalue weighted by molar-refractivity contribution is -0.143. The summed E-state index contributed by atoms with van der Waals surface area (Å²) in [6.07, 6.45) is 1.84. The van der Waals surface area contributed by atoms with E-state index < -0.39 is 16.5 Å². The molecule has 0 bridgehead atoms. The van der Waals surface area contributed by atoms with Crippen LogP contribution in [-0.2, 0) is 14.3 Å². The first-order valence-electron chi connectivity index (χ1n) is 6.45. The lowest BCUT2D eigenvalue weighted by atomic mass is 9.90. The van der Waals surface area contributed by atoms with Crippen molar-refractivity contribution in [2.24, 2.45) is 0 Å². The Hall–Kier alpha value is -2.14. The summed E-state index contributed by atoms with van der Waals surface area (Å²) in [4.78, 5) is 28.4. The van der Waals surface area contributed by atoms with Crippen LogP contribution in [0, 0.1) is 0 Å². The van der Waals surface area contributed by atoms with Gasteiger partial charge in [-0.2, -0.15) is 0 Å². The van der Waals surface area contributed by atoms with Crippen molar-refractivity contribution in [2.45, 2.75) is 18.1 Å². The van der Waals surface area contributed by atoms with E-state index in [0.717, 1.165) is 5.39 Å². The van der Waals surface area contributed by atoms with Crippen molar-refractivity contribution in [1.29, 1.82) is 0 Å². The van der Waals surface area contributed by atoms with Crippen LogP contribution in [0.3, 0.4) is 0 Å². The SMILES string of the molecule is C=C(CC)C(=O)C(S)(C(=O)O)c1nccc2ccccc12. The monoisotopic (exact) mass is 301 g/mol. The van der Waals surface area contributed by atoms with Crippen LogP contribution >= 0.6 is 12.6 Å². The Morgan fingerprint density at radius 2 is 2.00 bits per heavy atom. The Bertz CT molecular complexity index is 736. The van der Waals surface area contributed by atoms with E-state index in [9.17, 15) is 14.7 Å². The normalized spacial score (nSPS) is 13.6. The smallest absolute Gasteiger partial charge is 0.333 e. The van der Waals surface area contributed by atoms with Crippen LogP contribution in [0.1, 0.15) is 19.0 Å². The van der Waals surface area contributed by atoms with Crippen molar-refractivity contribution in [3.8, 4) is 0 Å². The number of allylic oxidation sites excluding steroid dienone is 1. The molecule has 1 unspecified atom stereocenters. The second kappa shape index (κ2) is 5.69. The molecular formula is C16H15NO3S. The van der Waals surface area contributed by atoms with Crippen molar-refractivity contribution < 1.29 is 14.7 Å². The molecule has 1 atom stereocenters. The summed E-state index contributed by atoms with van der Waals surface area (Å²) < 4.78 is -2.03. The summed E-state index contributed by atoms with van der Waals surface area (Å²) in [7, 11) is 0. The molecule has 0 saturated carbocycles. The third kappa shape index (κ3) is 2.45. The molecule has 0 fully saturated rings. The number of aromatic nitrogens is 1. The maximum absolute atomic E-state index is 12.5. The standard InChI is InChI=1S/C16H15NO3S/c1-3-10(2)14(18)16(21,15(19)20)13-12-7-5-4-6-11(12)8-9-17-13/h4-9,21H,2-3H2,1H3,(H,19,20). The van der Waals surface area contributed by atoms with Crippen molar-refractivity contribution in [1.82, 2.24) is 4.98 Å². The van der Waals surface area contributed by atoms with Crippen LogP contribution < -0.4 is 0 Å². The van der Waals surface area contributed by atoms with Crippen molar-refractivity contribution in [2.75, 3.05) is 0 Å². The highest BCUT2D eigenvalue weighted by Crippen LogP contribution is 2.35. The molecule has 1 heterocycles. The molecule has 2 aromatic rings. The molecular weight excluding hydrogens is 286 g/mol. The number of carbonyl (C=O) groups excluding carboxylic acids is 1. The Morgan fingerprint density at radius 3 is 2.62 bits per heavy atom. The van der Waals surface area contributed by atoms with E-state index >= 15 is 0 Å². The van der Waals surface area contributed by atoms with Gasteiger partial charge in [-0.1, -0.05) is 37.8 Å². The van der Waals surface area contributed by atoms with Gasteiger partial charge in [0, 0.05) is 11.6 Å². The lowest BCUT2D eigenvalue weighted by Crippen LogP contribution is -2.40. The summed E-state index contributed by atoms with van der Waals surface area (Å²) in [6.45, 7) is 5.38. The predicted octanol–water partition coefficient (Wildman–Crippen LogP) is 2.98. The molecule has 0 saturated heterocycles. The van der Waals surface area contributed by atoms with Crippen molar-refractivity contribution in [3.05, 3.63) is 54.4 Å². The van der Waals surface area contributed by atoms with Gasteiger partial charge in [-0.3, -0.25) is 9.78 Å². The second-order valence-electron chi connectivity index (χ2n) is 4.68. The summed E-state index contributed by atoms with van der Waals surface area (Å²) in [5, 5.41) is 11.0. The largest absolute Gasteiger partial charge is 0.480 e. The van der Waals surface area contributed by atoms with E-state index in [0.29, 0.717) is 11.8 Å². The third-order valence-electron chi connectivity index (χ3n) is 3.40. The summed E-state index contributed by atoms with van der Waals surface area (Å²) in [5.74, 6) is -1.99. The maximum atomic E-state index is 12.5. The topological polar surface area (TPSA) is 67.3 Å². The Morgan fingerprint density at radius 1 is 1.33 bits per heavy atom. The van der Waals surface area contributed by atoms with Gasteiger partial charge in [0.05, 0.1) is 5.69 Å². The van der Waals surface area contributed by atoms with Crippen LogP contribution in [0.25, 0.3) is 10.8 Å². The fraction of sp³-hybridized carbons (Fsp3) is 0.188.